The van der Waals surface area contributed by atoms with Crippen LogP contribution in [0.25, 0.3) is 0 Å². The molecule has 0 heterocycles. The van der Waals surface area contributed by atoms with Crippen LogP contribution in [0.1, 0.15) is 33.6 Å². The fourth-order valence-corrected chi connectivity index (χ4v) is 1.27. The third-order valence-electron chi connectivity index (χ3n) is 1.69. The molecule has 1 rings (SSSR count). The monoisotopic (exact) mass is 141 g/mol. The largest absolute Gasteiger partial charge is 0.396 e. The first-order chi connectivity index (χ1) is 4.64. The molecule has 0 spiro atoms. The summed E-state index contributed by atoms with van der Waals surface area (Å²) < 4.78 is 0. The van der Waals surface area contributed by atoms with Gasteiger partial charge in [-0.25, -0.2) is 0 Å². The third-order valence-corrected chi connectivity index (χ3v) is 1.69. The number of nitrogens with zero attached hydrogens (tertiary/aromatic N) is 1. The second kappa shape index (κ2) is 2.60. The van der Waals surface area contributed by atoms with Gasteiger partial charge in [0.25, 0.3) is 0 Å². The van der Waals surface area contributed by atoms with Gasteiger partial charge in [0.15, 0.2) is 0 Å². The highest BCUT2D eigenvalue weighted by Crippen LogP contribution is 2.37. The molecule has 0 aliphatic heterocycles. The van der Waals surface area contributed by atoms with E-state index in [2.05, 4.69) is 19.0 Å². The molecule has 1 fully saturated rings. The van der Waals surface area contributed by atoms with E-state index in [9.17, 15) is 0 Å². The van der Waals surface area contributed by atoms with Gasteiger partial charge in [0.1, 0.15) is 6.61 Å². The van der Waals surface area contributed by atoms with Gasteiger partial charge in [-0.2, -0.15) is 0 Å². The number of oxime groups is 1. The van der Waals surface area contributed by atoms with Gasteiger partial charge in [-0.05, 0) is 25.2 Å². The second-order valence-electron chi connectivity index (χ2n) is 3.59. The van der Waals surface area contributed by atoms with Gasteiger partial charge in [0, 0.05) is 0 Å². The molecule has 0 amide bonds. The molecule has 0 aromatic heterocycles. The van der Waals surface area contributed by atoms with E-state index < -0.39 is 0 Å². The quantitative estimate of drug-likeness (QED) is 0.540. The molecule has 10 heavy (non-hydrogen) atoms. The molecule has 1 saturated carbocycles. The summed E-state index contributed by atoms with van der Waals surface area (Å²) in [6, 6.07) is 0. The molecule has 0 aromatic carbocycles. The molecule has 0 aromatic rings. The zero-order valence-electron chi connectivity index (χ0n) is 6.98. The zero-order valence-corrected chi connectivity index (χ0v) is 6.98. The van der Waals surface area contributed by atoms with Crippen LogP contribution in [0.2, 0.25) is 0 Å². The van der Waals surface area contributed by atoms with Crippen LogP contribution in [0.15, 0.2) is 5.16 Å². The van der Waals surface area contributed by atoms with Crippen LogP contribution >= 0.6 is 0 Å². The first-order valence-corrected chi connectivity index (χ1v) is 3.82. The van der Waals surface area contributed by atoms with Crippen LogP contribution in [0.3, 0.4) is 0 Å². The smallest absolute Gasteiger partial charge is 0.114 e. The maximum absolute atomic E-state index is 4.92. The highest BCUT2D eigenvalue weighted by molar-refractivity contribution is 5.90. The Balaban J connectivity index is 2.25. The van der Waals surface area contributed by atoms with Crippen molar-refractivity contribution in [1.29, 1.82) is 0 Å². The molecule has 1 aliphatic rings. The molecule has 0 N–H and O–H groups in total. The van der Waals surface area contributed by atoms with Gasteiger partial charge in [-0.1, -0.05) is 19.0 Å². The summed E-state index contributed by atoms with van der Waals surface area (Å²) >= 11 is 0. The molecule has 2 heteroatoms. The van der Waals surface area contributed by atoms with E-state index >= 15 is 0 Å². The van der Waals surface area contributed by atoms with Gasteiger partial charge in [0.05, 0.1) is 5.71 Å². The molecule has 1 aliphatic carbocycles. The van der Waals surface area contributed by atoms with Gasteiger partial charge >= 0.3 is 0 Å². The van der Waals surface area contributed by atoms with E-state index in [1.54, 1.807) is 0 Å². The van der Waals surface area contributed by atoms with Gasteiger partial charge in [-0.15, -0.1) is 0 Å². The molecule has 58 valence electrons. The minimum atomic E-state index is 0.482. The molecule has 0 saturated heterocycles. The lowest BCUT2D eigenvalue weighted by Gasteiger charge is -2.34. The van der Waals surface area contributed by atoms with Crippen molar-refractivity contribution < 1.29 is 4.84 Å². The van der Waals surface area contributed by atoms with Crippen LogP contribution in [0.5, 0.6) is 0 Å². The Labute approximate surface area is 62.3 Å². The lowest BCUT2D eigenvalue weighted by atomic mass is 9.71. The molecule has 0 unspecified atom stereocenters. The summed E-state index contributed by atoms with van der Waals surface area (Å²) in [6.45, 7) is 7.13. The Kier molecular flexibility index (Phi) is 1.97. The lowest BCUT2D eigenvalue weighted by molar-refractivity contribution is 0.150. The van der Waals surface area contributed by atoms with Crippen molar-refractivity contribution >= 4 is 5.71 Å². The lowest BCUT2D eigenvalue weighted by Crippen LogP contribution is -2.31. The van der Waals surface area contributed by atoms with E-state index in [1.165, 1.54) is 5.71 Å². The van der Waals surface area contributed by atoms with E-state index in [0.29, 0.717) is 12.0 Å². The zero-order chi connectivity index (χ0) is 7.61. The Morgan fingerprint density at radius 3 is 2.50 bits per heavy atom. The second-order valence-corrected chi connectivity index (χ2v) is 3.59. The average molecular weight is 141 g/mol. The molecular weight excluding hydrogens is 126 g/mol. The van der Waals surface area contributed by atoms with E-state index in [0.717, 1.165) is 12.8 Å². The highest BCUT2D eigenvalue weighted by Gasteiger charge is 2.32. The van der Waals surface area contributed by atoms with Crippen molar-refractivity contribution in [2.75, 3.05) is 6.61 Å². The number of hydrogen-bond donors (Lipinski definition) is 0. The van der Waals surface area contributed by atoms with Gasteiger partial charge < -0.3 is 4.84 Å². The summed E-state index contributed by atoms with van der Waals surface area (Å²) in [5, 5.41) is 3.96. The molecule has 0 radical (unpaired) electrons. The van der Waals surface area contributed by atoms with E-state index in [1.807, 2.05) is 6.92 Å². The minimum Gasteiger partial charge on any atom is -0.396 e. The summed E-state index contributed by atoms with van der Waals surface area (Å²) in [5.41, 5.74) is 1.70. The Bertz CT molecular complexity index is 139. The average Bonchev–Trinajstić information content (AvgIpc) is 1.78. The normalized spacial score (nSPS) is 21.7. The highest BCUT2D eigenvalue weighted by atomic mass is 16.6. The van der Waals surface area contributed by atoms with Crippen molar-refractivity contribution in [3.05, 3.63) is 0 Å². The maximum atomic E-state index is 4.92. The topological polar surface area (TPSA) is 21.6 Å². The predicted molar refractivity (Wildman–Crippen MR) is 42.1 cm³/mol. The fourth-order valence-electron chi connectivity index (χ4n) is 1.27. The number of hydrogen-bond acceptors (Lipinski definition) is 2. The van der Waals surface area contributed by atoms with Crippen molar-refractivity contribution in [3.8, 4) is 0 Å². The number of rotatable bonds is 2. The molecule has 0 atom stereocenters. The minimum absolute atomic E-state index is 0.482. The summed E-state index contributed by atoms with van der Waals surface area (Å²) in [6.07, 6.45) is 2.21. The Hall–Kier alpha value is -0.530. The molecule has 0 bridgehead atoms. The molecule has 2 nitrogen and oxygen atoms in total. The van der Waals surface area contributed by atoms with Crippen LogP contribution in [-0.4, -0.2) is 12.3 Å². The summed E-state index contributed by atoms with van der Waals surface area (Å²) in [4.78, 5) is 4.92. The molecular formula is C8H15NO. The van der Waals surface area contributed by atoms with Crippen LogP contribution in [0.4, 0.5) is 0 Å². The first kappa shape index (κ1) is 7.58. The van der Waals surface area contributed by atoms with Crippen molar-refractivity contribution in [3.63, 3.8) is 0 Å². The van der Waals surface area contributed by atoms with Crippen molar-refractivity contribution in [1.82, 2.24) is 0 Å². The summed E-state index contributed by atoms with van der Waals surface area (Å²) in [7, 11) is 0. The first-order valence-electron chi connectivity index (χ1n) is 3.82. The summed E-state index contributed by atoms with van der Waals surface area (Å²) in [5.74, 6) is 0. The van der Waals surface area contributed by atoms with E-state index in [-0.39, 0.29) is 0 Å². The predicted octanol–water partition coefficient (Wildman–Crippen LogP) is 2.20. The standard InChI is InChI=1S/C8H15NO/c1-4-10-9-7-5-8(2,3)6-7/h4-6H2,1-3H3. The fraction of sp³-hybridized carbons (Fsp3) is 0.875. The Morgan fingerprint density at radius 1 is 1.50 bits per heavy atom. The van der Waals surface area contributed by atoms with Crippen molar-refractivity contribution in [2.24, 2.45) is 10.6 Å². The van der Waals surface area contributed by atoms with E-state index in [4.69, 9.17) is 4.84 Å². The van der Waals surface area contributed by atoms with Gasteiger partial charge in [0.2, 0.25) is 0 Å². The Morgan fingerprint density at radius 2 is 2.10 bits per heavy atom. The maximum Gasteiger partial charge on any atom is 0.114 e. The van der Waals surface area contributed by atoms with Crippen molar-refractivity contribution in [2.45, 2.75) is 33.6 Å². The van der Waals surface area contributed by atoms with Crippen LogP contribution < -0.4 is 0 Å². The SMILES string of the molecule is CCON=C1CC(C)(C)C1. The van der Waals surface area contributed by atoms with Crippen LogP contribution in [-0.2, 0) is 4.84 Å². The third kappa shape index (κ3) is 1.72. The van der Waals surface area contributed by atoms with Crippen LogP contribution in [0, 0.1) is 5.41 Å². The van der Waals surface area contributed by atoms with Gasteiger partial charge in [-0.3, -0.25) is 0 Å².